The van der Waals surface area contributed by atoms with E-state index in [0.29, 0.717) is 27.9 Å². The number of ketones is 1. The van der Waals surface area contributed by atoms with Gasteiger partial charge in [0.2, 0.25) is 5.91 Å². The lowest BCUT2D eigenvalue weighted by molar-refractivity contribution is -0.122. The molecule has 5 N–H and O–H groups in total. The summed E-state index contributed by atoms with van der Waals surface area (Å²) in [6.07, 6.45) is 4.80. The molecule has 0 saturated heterocycles. The zero-order valence-electron chi connectivity index (χ0n) is 22.5. The van der Waals surface area contributed by atoms with E-state index < -0.39 is 23.0 Å². The van der Waals surface area contributed by atoms with Crippen LogP contribution < -0.4 is 16.4 Å². The van der Waals surface area contributed by atoms with Gasteiger partial charge in [0.15, 0.2) is 17.3 Å². The first-order valence-corrected chi connectivity index (χ1v) is 13.2. The summed E-state index contributed by atoms with van der Waals surface area (Å²) in [4.78, 5) is 30.0. The second kappa shape index (κ2) is 12.1. The molecule has 0 radical (unpaired) electrons. The smallest absolute Gasteiger partial charge is 0.236 e. The molecule has 1 saturated carbocycles. The van der Waals surface area contributed by atoms with Crippen molar-refractivity contribution in [3.8, 4) is 16.9 Å². The van der Waals surface area contributed by atoms with Gasteiger partial charge < -0.3 is 21.5 Å². The van der Waals surface area contributed by atoms with Gasteiger partial charge in [-0.25, -0.2) is 4.39 Å². The Hall–Kier alpha value is -2.94. The van der Waals surface area contributed by atoms with Crippen LogP contribution in [0.4, 0.5) is 10.1 Å². The van der Waals surface area contributed by atoms with E-state index in [4.69, 9.17) is 17.3 Å². The minimum absolute atomic E-state index is 0. The molecule has 0 bridgehead atoms. The standard InChI is InChI=1S/C29H34ClFN4O3.ClH/c1-15(32)28(38)35-19-8-6-18(7-9-19)34-25-20-11-16(17-12-22(30)26(36)23(31)13-17)5-10-24(20)33-14-21(25)27(37)29(2,3)4;/h5,10-15,18-19,36H,6-9,32H2,1-4H3,(H,33,34)(H,35,38);1H/t15?,18-,19-;. The Morgan fingerprint density at radius 3 is 2.33 bits per heavy atom. The molecular formula is C29H35Cl2FN4O3. The molecule has 4 rings (SSSR count). The zero-order valence-corrected chi connectivity index (χ0v) is 24.0. The van der Waals surface area contributed by atoms with Crippen molar-refractivity contribution in [2.24, 2.45) is 11.1 Å². The van der Waals surface area contributed by atoms with Crippen molar-refractivity contribution < 1.29 is 19.1 Å². The lowest BCUT2D eigenvalue weighted by atomic mass is 9.85. The van der Waals surface area contributed by atoms with Gasteiger partial charge in [0, 0.05) is 29.1 Å². The molecule has 7 nitrogen and oxygen atoms in total. The number of rotatable bonds is 6. The Morgan fingerprint density at radius 1 is 1.10 bits per heavy atom. The van der Waals surface area contributed by atoms with Crippen molar-refractivity contribution in [1.29, 1.82) is 0 Å². The van der Waals surface area contributed by atoms with Crippen LogP contribution in [0.1, 0.15) is 63.7 Å². The molecular weight excluding hydrogens is 542 g/mol. The lowest BCUT2D eigenvalue weighted by Crippen LogP contribution is -2.46. The third-order valence-corrected chi connectivity index (χ3v) is 7.27. The Kier molecular flexibility index (Phi) is 9.47. The van der Waals surface area contributed by atoms with Gasteiger partial charge in [-0.3, -0.25) is 14.6 Å². The molecule has 10 heteroatoms. The quantitative estimate of drug-likeness (QED) is 0.258. The Morgan fingerprint density at radius 2 is 1.74 bits per heavy atom. The average Bonchev–Trinajstić information content (AvgIpc) is 2.87. The number of hydrogen-bond acceptors (Lipinski definition) is 6. The first kappa shape index (κ1) is 30.6. The van der Waals surface area contributed by atoms with E-state index in [9.17, 15) is 19.1 Å². The van der Waals surface area contributed by atoms with Crippen LogP contribution in [0.25, 0.3) is 22.0 Å². The van der Waals surface area contributed by atoms with Crippen LogP contribution in [0.5, 0.6) is 5.75 Å². The molecule has 1 aliphatic carbocycles. The highest BCUT2D eigenvalue weighted by Gasteiger charge is 2.29. The van der Waals surface area contributed by atoms with Gasteiger partial charge in [-0.05, 0) is 68.0 Å². The van der Waals surface area contributed by atoms with E-state index in [1.54, 1.807) is 19.2 Å². The predicted octanol–water partition coefficient (Wildman–Crippen LogP) is 6.24. The molecule has 1 amide bonds. The van der Waals surface area contributed by atoms with Gasteiger partial charge in [-0.15, -0.1) is 12.4 Å². The van der Waals surface area contributed by atoms with Crippen LogP contribution >= 0.6 is 24.0 Å². The number of aromatic hydroxyl groups is 1. The first-order valence-electron chi connectivity index (χ1n) is 12.8. The average molecular weight is 578 g/mol. The summed E-state index contributed by atoms with van der Waals surface area (Å²) in [5.41, 5.74) is 8.09. The van der Waals surface area contributed by atoms with Crippen LogP contribution in [0.15, 0.2) is 36.5 Å². The third kappa shape index (κ3) is 6.80. The molecule has 0 aliphatic heterocycles. The summed E-state index contributed by atoms with van der Waals surface area (Å²) in [5, 5.41) is 17.0. The van der Waals surface area contributed by atoms with Crippen molar-refractivity contribution in [2.45, 2.75) is 71.5 Å². The number of halogens is 3. The molecule has 1 fully saturated rings. The number of pyridine rings is 1. The van der Waals surface area contributed by atoms with Crippen LogP contribution in [0, 0.1) is 11.2 Å². The van der Waals surface area contributed by atoms with Crippen molar-refractivity contribution >= 4 is 52.3 Å². The molecule has 3 aromatic rings. The van der Waals surface area contributed by atoms with E-state index in [-0.39, 0.29) is 41.2 Å². The number of hydrogen-bond donors (Lipinski definition) is 4. The maximum absolute atomic E-state index is 14.2. The van der Waals surface area contributed by atoms with E-state index in [1.807, 2.05) is 32.9 Å². The third-order valence-electron chi connectivity index (χ3n) is 6.98. The molecule has 1 aliphatic rings. The van der Waals surface area contributed by atoms with Crippen molar-refractivity contribution in [3.05, 3.63) is 52.9 Å². The van der Waals surface area contributed by atoms with Gasteiger partial charge >= 0.3 is 0 Å². The van der Waals surface area contributed by atoms with Crippen molar-refractivity contribution in [1.82, 2.24) is 10.3 Å². The minimum atomic E-state index is -0.811. The summed E-state index contributed by atoms with van der Waals surface area (Å²) in [7, 11) is 0. The fraction of sp³-hybridized carbons (Fsp3) is 0.414. The highest BCUT2D eigenvalue weighted by molar-refractivity contribution is 6.32. The van der Waals surface area contributed by atoms with Crippen LogP contribution in [-0.4, -0.2) is 39.9 Å². The van der Waals surface area contributed by atoms with E-state index in [1.165, 1.54) is 12.1 Å². The predicted molar refractivity (Wildman–Crippen MR) is 156 cm³/mol. The normalized spacial score (nSPS) is 18.2. The minimum Gasteiger partial charge on any atom is -0.504 e. The van der Waals surface area contributed by atoms with E-state index in [0.717, 1.165) is 31.1 Å². The highest BCUT2D eigenvalue weighted by Crippen LogP contribution is 2.37. The highest BCUT2D eigenvalue weighted by atomic mass is 35.5. The molecule has 0 spiro atoms. The number of nitrogens with zero attached hydrogens (tertiary/aromatic N) is 1. The number of phenolic OH excluding ortho intramolecular Hbond substituents is 1. The summed E-state index contributed by atoms with van der Waals surface area (Å²) in [6, 6.07) is 7.82. The number of carbonyl (C=O) groups excluding carboxylic acids is 2. The fourth-order valence-electron chi connectivity index (χ4n) is 4.75. The van der Waals surface area contributed by atoms with Crippen molar-refractivity contribution in [2.75, 3.05) is 5.32 Å². The zero-order chi connectivity index (χ0) is 27.8. The number of Topliss-reactive ketones (excluding diaryl/α,β-unsaturated/α-hetero) is 1. The second-order valence-corrected chi connectivity index (χ2v) is 11.5. The van der Waals surface area contributed by atoms with Crippen LogP contribution in [-0.2, 0) is 4.79 Å². The molecule has 1 atom stereocenters. The molecule has 1 aromatic heterocycles. The van der Waals surface area contributed by atoms with E-state index >= 15 is 0 Å². The number of benzene rings is 2. The fourth-order valence-corrected chi connectivity index (χ4v) is 4.96. The number of nitrogens with two attached hydrogens (primary N) is 1. The number of fused-ring (bicyclic) bond motifs is 1. The summed E-state index contributed by atoms with van der Waals surface area (Å²) in [5.74, 6) is -1.60. The molecule has 1 unspecified atom stereocenters. The summed E-state index contributed by atoms with van der Waals surface area (Å²) in [6.45, 7) is 7.27. The Bertz CT molecular complexity index is 1360. The number of aromatic nitrogens is 1. The van der Waals surface area contributed by atoms with Gasteiger partial charge in [0.05, 0.1) is 27.8 Å². The summed E-state index contributed by atoms with van der Waals surface area (Å²) >= 11 is 6.03. The van der Waals surface area contributed by atoms with Gasteiger partial charge in [0.25, 0.3) is 0 Å². The SMILES string of the molecule is CC(N)C(=O)N[C@H]1CC[C@H](Nc2c(C(=O)C(C)(C)C)cnc3ccc(-c4cc(F)c(O)c(Cl)c4)cc23)CC1.Cl. The second-order valence-electron chi connectivity index (χ2n) is 11.1. The van der Waals surface area contributed by atoms with Gasteiger partial charge in [-0.2, -0.15) is 0 Å². The Labute approximate surface area is 239 Å². The number of anilines is 1. The van der Waals surface area contributed by atoms with Crippen LogP contribution in [0.3, 0.4) is 0 Å². The molecule has 39 heavy (non-hydrogen) atoms. The number of nitrogens with one attached hydrogen (secondary N) is 2. The monoisotopic (exact) mass is 576 g/mol. The number of amides is 1. The van der Waals surface area contributed by atoms with E-state index in [2.05, 4.69) is 15.6 Å². The molecule has 2 aromatic carbocycles. The van der Waals surface area contributed by atoms with Crippen LogP contribution in [0.2, 0.25) is 5.02 Å². The molecule has 210 valence electrons. The van der Waals surface area contributed by atoms with Gasteiger partial charge in [0.1, 0.15) is 0 Å². The topological polar surface area (TPSA) is 117 Å². The Balaban J connectivity index is 0.00000420. The summed E-state index contributed by atoms with van der Waals surface area (Å²) < 4.78 is 14.2. The van der Waals surface area contributed by atoms with Crippen molar-refractivity contribution in [3.63, 3.8) is 0 Å². The number of phenols is 1. The maximum atomic E-state index is 14.2. The number of carbonyl (C=O) groups is 2. The molecule has 1 heterocycles. The first-order chi connectivity index (χ1) is 17.8. The largest absolute Gasteiger partial charge is 0.504 e. The van der Waals surface area contributed by atoms with Gasteiger partial charge in [-0.1, -0.05) is 38.4 Å². The lowest BCUT2D eigenvalue weighted by Gasteiger charge is -2.32. The maximum Gasteiger partial charge on any atom is 0.236 e.